The van der Waals surface area contributed by atoms with Gasteiger partial charge in [0, 0.05) is 11.6 Å². The molecule has 19 heavy (non-hydrogen) atoms. The van der Waals surface area contributed by atoms with Gasteiger partial charge in [0.15, 0.2) is 11.5 Å². The van der Waals surface area contributed by atoms with Gasteiger partial charge >= 0.3 is 5.97 Å². The third kappa shape index (κ3) is 2.46. The number of carboxylic acids is 1. The number of hydrogen-bond acceptors (Lipinski definition) is 3. The van der Waals surface area contributed by atoms with Gasteiger partial charge in [0.2, 0.25) is 0 Å². The molecule has 0 unspecified atom stereocenters. The van der Waals surface area contributed by atoms with Crippen LogP contribution in [0.5, 0.6) is 0 Å². The predicted octanol–water partition coefficient (Wildman–Crippen LogP) is 2.92. The van der Waals surface area contributed by atoms with E-state index in [2.05, 4.69) is 10.1 Å². The van der Waals surface area contributed by atoms with Crippen molar-refractivity contribution in [2.75, 3.05) is 0 Å². The first-order valence-corrected chi connectivity index (χ1v) is 6.14. The maximum atomic E-state index is 11.2. The molecule has 2 rings (SSSR count). The van der Waals surface area contributed by atoms with Gasteiger partial charge < -0.3 is 5.11 Å². The van der Waals surface area contributed by atoms with Crippen LogP contribution in [0.2, 0.25) is 5.02 Å². The van der Waals surface area contributed by atoms with E-state index < -0.39 is 5.97 Å². The van der Waals surface area contributed by atoms with Crippen molar-refractivity contribution in [1.29, 1.82) is 0 Å². The second kappa shape index (κ2) is 4.66. The highest BCUT2D eigenvalue weighted by Gasteiger charge is 2.30. The van der Waals surface area contributed by atoms with Gasteiger partial charge in [-0.25, -0.2) is 14.5 Å². The Kier molecular flexibility index (Phi) is 3.32. The van der Waals surface area contributed by atoms with Gasteiger partial charge in [-0.2, -0.15) is 5.10 Å². The Morgan fingerprint density at radius 1 is 1.37 bits per heavy atom. The predicted molar refractivity (Wildman–Crippen MR) is 72.0 cm³/mol. The number of carbonyl (C=O) groups is 1. The molecule has 2 aromatic rings. The van der Waals surface area contributed by atoms with Crippen molar-refractivity contribution in [3.8, 4) is 5.82 Å². The second-order valence-electron chi connectivity index (χ2n) is 5.17. The molecule has 0 spiro atoms. The average molecular weight is 280 g/mol. The highest BCUT2D eigenvalue weighted by atomic mass is 35.5. The normalized spacial score (nSPS) is 11.6. The van der Waals surface area contributed by atoms with Crippen LogP contribution in [0.4, 0.5) is 0 Å². The summed E-state index contributed by atoms with van der Waals surface area (Å²) >= 11 is 6.17. The first kappa shape index (κ1) is 13.5. The van der Waals surface area contributed by atoms with E-state index in [1.807, 2.05) is 26.8 Å². The molecule has 0 aliphatic rings. The summed E-state index contributed by atoms with van der Waals surface area (Å²) in [6.07, 6.45) is 1.62. The van der Waals surface area contributed by atoms with Crippen molar-refractivity contribution in [1.82, 2.24) is 14.8 Å². The van der Waals surface area contributed by atoms with Crippen molar-refractivity contribution in [3.63, 3.8) is 0 Å². The van der Waals surface area contributed by atoms with Gasteiger partial charge in [0.1, 0.15) is 0 Å². The van der Waals surface area contributed by atoms with Crippen LogP contribution in [-0.2, 0) is 5.41 Å². The lowest BCUT2D eigenvalue weighted by molar-refractivity contribution is 0.0690. The minimum Gasteiger partial charge on any atom is -0.476 e. The minimum atomic E-state index is -1.15. The molecule has 0 amide bonds. The van der Waals surface area contributed by atoms with Crippen molar-refractivity contribution in [2.45, 2.75) is 26.2 Å². The molecule has 0 saturated carbocycles. The first-order valence-electron chi connectivity index (χ1n) is 5.76. The Morgan fingerprint density at radius 3 is 2.53 bits per heavy atom. The van der Waals surface area contributed by atoms with Crippen LogP contribution in [-0.4, -0.2) is 25.8 Å². The Hall–Kier alpha value is -1.88. The van der Waals surface area contributed by atoms with E-state index in [-0.39, 0.29) is 16.1 Å². The van der Waals surface area contributed by atoms with Gasteiger partial charge in [-0.15, -0.1) is 0 Å². The van der Waals surface area contributed by atoms with E-state index in [1.54, 1.807) is 18.3 Å². The molecule has 1 N–H and O–H groups in total. The SMILES string of the molecule is CC(C)(C)c1c(Cl)c(C(=O)O)nn1-c1ccccn1. The summed E-state index contributed by atoms with van der Waals surface area (Å²) in [7, 11) is 0. The molecule has 0 bridgehead atoms. The van der Waals surface area contributed by atoms with E-state index in [4.69, 9.17) is 16.7 Å². The fourth-order valence-corrected chi connectivity index (χ4v) is 2.31. The highest BCUT2D eigenvalue weighted by molar-refractivity contribution is 6.34. The summed E-state index contributed by atoms with van der Waals surface area (Å²) in [6, 6.07) is 5.35. The zero-order chi connectivity index (χ0) is 14.2. The molecule has 100 valence electrons. The summed E-state index contributed by atoms with van der Waals surface area (Å²) in [5.41, 5.74) is 0.123. The molecule has 0 fully saturated rings. The van der Waals surface area contributed by atoms with E-state index in [0.29, 0.717) is 11.5 Å². The fraction of sp³-hybridized carbons (Fsp3) is 0.308. The Morgan fingerprint density at radius 2 is 2.05 bits per heavy atom. The maximum Gasteiger partial charge on any atom is 0.358 e. The molecule has 0 saturated heterocycles. The number of nitrogens with zero attached hydrogens (tertiary/aromatic N) is 3. The van der Waals surface area contributed by atoms with Crippen LogP contribution in [0, 0.1) is 0 Å². The van der Waals surface area contributed by atoms with E-state index in [1.165, 1.54) is 4.68 Å². The van der Waals surface area contributed by atoms with Crippen molar-refractivity contribution >= 4 is 17.6 Å². The third-order valence-corrected chi connectivity index (χ3v) is 2.96. The topological polar surface area (TPSA) is 68.0 Å². The monoisotopic (exact) mass is 279 g/mol. The van der Waals surface area contributed by atoms with Crippen LogP contribution >= 0.6 is 11.6 Å². The number of aromatic carboxylic acids is 1. The Bertz CT molecular complexity index is 615. The lowest BCUT2D eigenvalue weighted by Gasteiger charge is -2.20. The van der Waals surface area contributed by atoms with E-state index in [0.717, 1.165) is 0 Å². The smallest absolute Gasteiger partial charge is 0.358 e. The summed E-state index contributed by atoms with van der Waals surface area (Å²) in [5, 5.41) is 13.4. The lowest BCUT2D eigenvalue weighted by atomic mass is 9.91. The summed E-state index contributed by atoms with van der Waals surface area (Å²) < 4.78 is 1.49. The summed E-state index contributed by atoms with van der Waals surface area (Å²) in [5.74, 6) is -0.605. The Labute approximate surface area is 115 Å². The van der Waals surface area contributed by atoms with Gasteiger partial charge in [0.25, 0.3) is 0 Å². The molecule has 6 heteroatoms. The molecular weight excluding hydrogens is 266 g/mol. The van der Waals surface area contributed by atoms with Gasteiger partial charge in [-0.1, -0.05) is 38.4 Å². The van der Waals surface area contributed by atoms with E-state index in [9.17, 15) is 4.79 Å². The fourth-order valence-electron chi connectivity index (χ4n) is 1.83. The third-order valence-electron chi connectivity index (χ3n) is 2.61. The quantitative estimate of drug-likeness (QED) is 0.918. The summed E-state index contributed by atoms with van der Waals surface area (Å²) in [4.78, 5) is 15.4. The number of halogens is 1. The van der Waals surface area contributed by atoms with Crippen molar-refractivity contribution in [2.24, 2.45) is 0 Å². The van der Waals surface area contributed by atoms with Crippen LogP contribution in [0.3, 0.4) is 0 Å². The highest BCUT2D eigenvalue weighted by Crippen LogP contribution is 2.33. The molecule has 0 aliphatic heterocycles. The largest absolute Gasteiger partial charge is 0.476 e. The van der Waals surface area contributed by atoms with Crippen LogP contribution in [0.25, 0.3) is 5.82 Å². The lowest BCUT2D eigenvalue weighted by Crippen LogP contribution is -2.18. The van der Waals surface area contributed by atoms with E-state index >= 15 is 0 Å². The molecule has 5 nitrogen and oxygen atoms in total. The van der Waals surface area contributed by atoms with Crippen molar-refractivity contribution < 1.29 is 9.90 Å². The number of carboxylic acid groups (broad SMARTS) is 1. The number of pyridine rings is 1. The number of aromatic nitrogens is 3. The molecule has 2 aromatic heterocycles. The molecule has 0 aromatic carbocycles. The maximum absolute atomic E-state index is 11.2. The molecule has 0 atom stereocenters. The molecule has 0 aliphatic carbocycles. The van der Waals surface area contributed by atoms with Crippen LogP contribution in [0.1, 0.15) is 37.0 Å². The van der Waals surface area contributed by atoms with Crippen LogP contribution in [0.15, 0.2) is 24.4 Å². The second-order valence-corrected chi connectivity index (χ2v) is 5.54. The molecular formula is C13H14ClN3O2. The van der Waals surface area contributed by atoms with Gasteiger partial charge in [-0.05, 0) is 12.1 Å². The van der Waals surface area contributed by atoms with Gasteiger partial charge in [-0.3, -0.25) is 0 Å². The number of rotatable bonds is 2. The standard InChI is InChI=1S/C13H14ClN3O2/c1-13(2,3)11-9(14)10(12(18)19)16-17(11)8-6-4-5-7-15-8/h4-7H,1-3H3,(H,18,19). The zero-order valence-electron chi connectivity index (χ0n) is 10.9. The molecule has 0 radical (unpaired) electrons. The number of hydrogen-bond donors (Lipinski definition) is 1. The minimum absolute atomic E-state index is 0.155. The summed E-state index contributed by atoms with van der Waals surface area (Å²) in [6.45, 7) is 5.84. The van der Waals surface area contributed by atoms with Gasteiger partial charge in [0.05, 0.1) is 10.7 Å². The molecule has 2 heterocycles. The zero-order valence-corrected chi connectivity index (χ0v) is 11.6. The van der Waals surface area contributed by atoms with Crippen molar-refractivity contribution in [3.05, 3.63) is 40.8 Å². The van der Waals surface area contributed by atoms with Crippen LogP contribution < -0.4 is 0 Å². The first-order chi connectivity index (χ1) is 8.82. The Balaban J connectivity index is 2.74. The average Bonchev–Trinajstić information content (AvgIpc) is 2.68.